The van der Waals surface area contributed by atoms with Gasteiger partial charge in [0.1, 0.15) is 5.75 Å². The lowest BCUT2D eigenvalue weighted by Gasteiger charge is -2.52. The highest BCUT2D eigenvalue weighted by Crippen LogP contribution is 2.42. The van der Waals surface area contributed by atoms with Gasteiger partial charge < -0.3 is 21.1 Å². The molecule has 4 N–H and O–H groups in total. The Labute approximate surface area is 208 Å². The van der Waals surface area contributed by atoms with E-state index < -0.39 is 0 Å². The van der Waals surface area contributed by atoms with Gasteiger partial charge >= 0.3 is 0 Å². The van der Waals surface area contributed by atoms with E-state index in [4.69, 9.17) is 22.7 Å². The van der Waals surface area contributed by atoms with E-state index in [1.807, 2.05) is 18.3 Å². The highest BCUT2D eigenvalue weighted by atomic mass is 32.1. The van der Waals surface area contributed by atoms with Crippen molar-refractivity contribution in [3.8, 4) is 5.75 Å². The zero-order valence-electron chi connectivity index (χ0n) is 20.1. The van der Waals surface area contributed by atoms with E-state index in [1.165, 1.54) is 24.8 Å². The maximum Gasteiger partial charge on any atom is 0.167 e. The summed E-state index contributed by atoms with van der Waals surface area (Å²) in [7, 11) is 1.71. The van der Waals surface area contributed by atoms with Crippen molar-refractivity contribution in [1.29, 1.82) is 0 Å². The van der Waals surface area contributed by atoms with Crippen molar-refractivity contribution in [2.24, 2.45) is 17.6 Å². The Morgan fingerprint density at radius 2 is 2.15 bits per heavy atom. The van der Waals surface area contributed by atoms with Crippen LogP contribution in [0.4, 0.5) is 0 Å². The predicted octanol–water partition coefficient (Wildman–Crippen LogP) is 3.91. The SMILES string of the molecule is C=C[C@H]1CN2CCC1CC2[C@@H](NC(=S)N[C@@H]1CCCC[C@H]1N)c1ccnc2ccc(OC)cc12. The van der Waals surface area contributed by atoms with Crippen LogP contribution in [0.5, 0.6) is 5.75 Å². The second kappa shape index (κ2) is 10.2. The van der Waals surface area contributed by atoms with Gasteiger partial charge in [-0.15, -0.1) is 6.58 Å². The number of fused-ring (bicyclic) bond motifs is 4. The minimum absolute atomic E-state index is 0.0472. The van der Waals surface area contributed by atoms with Crippen LogP contribution in [0, 0.1) is 11.8 Å². The van der Waals surface area contributed by atoms with Crippen molar-refractivity contribution in [3.05, 3.63) is 48.7 Å². The molecule has 4 fully saturated rings. The molecule has 2 aromatic rings. The number of nitrogens with one attached hydrogen (secondary N) is 2. The predicted molar refractivity (Wildman–Crippen MR) is 142 cm³/mol. The van der Waals surface area contributed by atoms with Gasteiger partial charge in [-0.3, -0.25) is 9.88 Å². The maximum absolute atomic E-state index is 6.41. The molecule has 7 heteroatoms. The lowest BCUT2D eigenvalue weighted by atomic mass is 9.73. The third-order valence-electron chi connectivity index (χ3n) is 8.28. The number of piperidine rings is 3. The van der Waals surface area contributed by atoms with Gasteiger partial charge in [0.05, 0.1) is 18.7 Å². The Balaban J connectivity index is 1.47. The number of nitrogens with two attached hydrogens (primary N) is 1. The highest BCUT2D eigenvalue weighted by molar-refractivity contribution is 7.80. The highest BCUT2D eigenvalue weighted by Gasteiger charge is 2.43. The van der Waals surface area contributed by atoms with Crippen LogP contribution in [0.25, 0.3) is 10.9 Å². The van der Waals surface area contributed by atoms with Crippen LogP contribution in [0.15, 0.2) is 43.1 Å². The Morgan fingerprint density at radius 1 is 1.29 bits per heavy atom. The molecule has 1 saturated carbocycles. The van der Waals surface area contributed by atoms with Crippen LogP contribution in [-0.2, 0) is 0 Å². The molecule has 182 valence electrons. The lowest BCUT2D eigenvalue weighted by Crippen LogP contribution is -2.59. The molecule has 3 unspecified atom stereocenters. The second-order valence-corrected chi connectivity index (χ2v) is 10.6. The summed E-state index contributed by atoms with van der Waals surface area (Å²) in [4.78, 5) is 7.26. The van der Waals surface area contributed by atoms with Gasteiger partial charge in [-0.2, -0.15) is 0 Å². The van der Waals surface area contributed by atoms with Crippen LogP contribution in [0.1, 0.15) is 50.1 Å². The van der Waals surface area contributed by atoms with E-state index in [1.54, 1.807) is 7.11 Å². The summed E-state index contributed by atoms with van der Waals surface area (Å²) in [6.45, 7) is 6.29. The van der Waals surface area contributed by atoms with E-state index in [9.17, 15) is 0 Å². The van der Waals surface area contributed by atoms with Crippen LogP contribution in [-0.4, -0.2) is 53.3 Å². The number of aromatic nitrogens is 1. The number of hydrogen-bond donors (Lipinski definition) is 3. The molecule has 0 amide bonds. The van der Waals surface area contributed by atoms with Crippen LogP contribution in [0.3, 0.4) is 0 Å². The van der Waals surface area contributed by atoms with Crippen molar-refractivity contribution >= 4 is 28.2 Å². The van der Waals surface area contributed by atoms with Gasteiger partial charge in [-0.1, -0.05) is 18.9 Å². The summed E-state index contributed by atoms with van der Waals surface area (Å²) in [5.74, 6) is 2.09. The number of methoxy groups -OCH3 is 1. The number of pyridine rings is 1. The number of ether oxygens (including phenoxy) is 1. The van der Waals surface area contributed by atoms with Crippen molar-refractivity contribution in [1.82, 2.24) is 20.5 Å². The van der Waals surface area contributed by atoms with E-state index in [0.29, 0.717) is 23.0 Å². The van der Waals surface area contributed by atoms with Crippen LogP contribution in [0.2, 0.25) is 0 Å². The third kappa shape index (κ3) is 4.66. The molecule has 3 aliphatic heterocycles. The molecule has 34 heavy (non-hydrogen) atoms. The Bertz CT molecular complexity index is 1040. The van der Waals surface area contributed by atoms with Crippen molar-refractivity contribution in [2.45, 2.75) is 62.7 Å². The molecular weight excluding hydrogens is 442 g/mol. The lowest BCUT2D eigenvalue weighted by molar-refractivity contribution is 0.00425. The van der Waals surface area contributed by atoms with Crippen molar-refractivity contribution in [3.63, 3.8) is 0 Å². The van der Waals surface area contributed by atoms with Gasteiger partial charge in [-0.25, -0.2) is 0 Å². The largest absolute Gasteiger partial charge is 0.497 e. The normalized spacial score (nSPS) is 31.6. The van der Waals surface area contributed by atoms with Gasteiger partial charge in [0.15, 0.2) is 5.11 Å². The fraction of sp³-hybridized carbons (Fsp3) is 0.556. The van der Waals surface area contributed by atoms with Crippen molar-refractivity contribution < 1.29 is 4.74 Å². The first-order valence-corrected chi connectivity index (χ1v) is 13.1. The fourth-order valence-corrected chi connectivity index (χ4v) is 6.62. The minimum atomic E-state index is 0.0472. The molecule has 0 radical (unpaired) electrons. The number of hydrogen-bond acceptors (Lipinski definition) is 5. The molecule has 4 aliphatic rings. The summed E-state index contributed by atoms with van der Waals surface area (Å²) in [6, 6.07) is 9.04. The van der Waals surface area contributed by atoms with E-state index >= 15 is 0 Å². The third-order valence-corrected chi connectivity index (χ3v) is 8.51. The quantitative estimate of drug-likeness (QED) is 0.428. The first kappa shape index (κ1) is 23.5. The molecule has 1 aliphatic carbocycles. The van der Waals surface area contributed by atoms with E-state index in [0.717, 1.165) is 49.0 Å². The molecule has 6 nitrogen and oxygen atoms in total. The molecule has 6 rings (SSSR count). The van der Waals surface area contributed by atoms with E-state index in [2.05, 4.69) is 45.3 Å². The van der Waals surface area contributed by atoms with Crippen molar-refractivity contribution in [2.75, 3.05) is 20.2 Å². The standard InChI is InChI=1S/C27H37N5OS/c1-3-17-16-32-13-11-18(17)14-25(32)26(31-27(34)30-24-7-5-4-6-22(24)28)20-10-12-29-23-9-8-19(33-2)15-21(20)23/h3,8-10,12,15,17-18,22,24-26H,1,4-7,11,13-14,16,28H2,2H3,(H2,30,31,34)/t17-,18?,22+,24+,25?,26-/m0/s1. The summed E-state index contributed by atoms with van der Waals surface area (Å²) in [6.07, 6.45) is 11.0. The van der Waals surface area contributed by atoms with Crippen LogP contribution < -0.4 is 21.1 Å². The Morgan fingerprint density at radius 3 is 2.88 bits per heavy atom. The van der Waals surface area contributed by atoms with Gasteiger partial charge in [-0.05, 0) is 86.1 Å². The average Bonchev–Trinajstić information content (AvgIpc) is 2.88. The molecule has 4 heterocycles. The molecule has 0 spiro atoms. The number of benzene rings is 1. The first-order valence-electron chi connectivity index (χ1n) is 12.7. The second-order valence-electron chi connectivity index (χ2n) is 10.2. The monoisotopic (exact) mass is 479 g/mol. The zero-order chi connectivity index (χ0) is 23.7. The average molecular weight is 480 g/mol. The minimum Gasteiger partial charge on any atom is -0.497 e. The summed E-state index contributed by atoms with van der Waals surface area (Å²) >= 11 is 5.88. The first-order chi connectivity index (χ1) is 16.6. The van der Waals surface area contributed by atoms with Crippen LogP contribution >= 0.6 is 12.2 Å². The maximum atomic E-state index is 6.41. The molecule has 1 aromatic carbocycles. The Kier molecular flexibility index (Phi) is 7.04. The number of thiocarbonyl (C=S) groups is 1. The smallest absolute Gasteiger partial charge is 0.167 e. The Hall–Kier alpha value is -2.22. The molecule has 1 aromatic heterocycles. The fourth-order valence-electron chi connectivity index (χ4n) is 6.34. The topological polar surface area (TPSA) is 75.4 Å². The molecule has 3 saturated heterocycles. The van der Waals surface area contributed by atoms with E-state index in [-0.39, 0.29) is 18.1 Å². The van der Waals surface area contributed by atoms with Gasteiger partial charge in [0, 0.05) is 36.3 Å². The molecule has 7 atom stereocenters. The zero-order valence-corrected chi connectivity index (χ0v) is 20.9. The summed E-state index contributed by atoms with van der Waals surface area (Å²) in [5, 5.41) is 9.12. The van der Waals surface area contributed by atoms with Gasteiger partial charge in [0.2, 0.25) is 0 Å². The summed E-state index contributed by atoms with van der Waals surface area (Å²) in [5.41, 5.74) is 8.60. The van der Waals surface area contributed by atoms with Gasteiger partial charge in [0.25, 0.3) is 0 Å². The summed E-state index contributed by atoms with van der Waals surface area (Å²) < 4.78 is 5.55. The number of rotatable bonds is 6. The molecular formula is C27H37N5OS. The molecule has 2 bridgehead atoms. The number of nitrogens with zero attached hydrogens (tertiary/aromatic N) is 2.